The minimum absolute atomic E-state index is 0.0578. The Morgan fingerprint density at radius 3 is 2.62 bits per heavy atom. The van der Waals surface area contributed by atoms with E-state index < -0.39 is 11.7 Å². The number of amides is 2. The van der Waals surface area contributed by atoms with Crippen LogP contribution in [0.5, 0.6) is 0 Å². The van der Waals surface area contributed by atoms with Crippen LogP contribution in [-0.4, -0.2) is 65.1 Å². The fraction of sp³-hybridized carbons (Fsp3) is 0.476. The molecule has 3 rings (SSSR count). The maximum atomic E-state index is 12.4. The lowest BCUT2D eigenvalue weighted by Crippen LogP contribution is -2.51. The Morgan fingerprint density at radius 1 is 1.21 bits per heavy atom. The van der Waals surface area contributed by atoms with E-state index in [-0.39, 0.29) is 12.5 Å². The zero-order valence-electron chi connectivity index (χ0n) is 17.1. The highest BCUT2D eigenvalue weighted by Gasteiger charge is 2.23. The van der Waals surface area contributed by atoms with Crippen molar-refractivity contribution in [2.75, 3.05) is 32.7 Å². The molecule has 1 aliphatic rings. The predicted octanol–water partition coefficient (Wildman–Crippen LogP) is 3.06. The largest absolute Gasteiger partial charge is 0.444 e. The van der Waals surface area contributed by atoms with Crippen molar-refractivity contribution in [3.63, 3.8) is 0 Å². The third kappa shape index (κ3) is 6.05. The van der Waals surface area contributed by atoms with Gasteiger partial charge >= 0.3 is 6.09 Å². The monoisotopic (exact) mass is 418 g/mol. The van der Waals surface area contributed by atoms with Gasteiger partial charge in [-0.25, -0.2) is 4.79 Å². The van der Waals surface area contributed by atoms with E-state index in [0.29, 0.717) is 18.1 Å². The Kier molecular flexibility index (Phi) is 6.59. The van der Waals surface area contributed by atoms with Gasteiger partial charge < -0.3 is 15.0 Å². The van der Waals surface area contributed by atoms with Gasteiger partial charge in [-0.3, -0.25) is 14.7 Å². The molecule has 1 N–H and O–H groups in total. The molecule has 156 valence electrons. The van der Waals surface area contributed by atoms with E-state index >= 15 is 0 Å². The predicted molar refractivity (Wildman–Crippen MR) is 113 cm³/mol. The van der Waals surface area contributed by atoms with Crippen molar-refractivity contribution in [1.82, 2.24) is 20.1 Å². The normalized spacial score (nSPS) is 15.4. The number of hydrogen-bond donors (Lipinski definition) is 1. The van der Waals surface area contributed by atoms with E-state index in [4.69, 9.17) is 16.3 Å². The first-order valence-corrected chi connectivity index (χ1v) is 10.1. The minimum Gasteiger partial charge on any atom is -0.444 e. The number of ether oxygens (including phenoxy) is 1. The van der Waals surface area contributed by atoms with Crippen molar-refractivity contribution in [2.45, 2.75) is 32.9 Å². The van der Waals surface area contributed by atoms with Crippen molar-refractivity contribution in [3.05, 3.63) is 41.0 Å². The number of carbonyl (C=O) groups is 2. The van der Waals surface area contributed by atoms with Crippen LogP contribution in [-0.2, 0) is 16.1 Å². The van der Waals surface area contributed by atoms with Crippen LogP contribution in [0.3, 0.4) is 0 Å². The summed E-state index contributed by atoms with van der Waals surface area (Å²) in [6, 6.07) is 7.78. The summed E-state index contributed by atoms with van der Waals surface area (Å²) in [4.78, 5) is 32.6. The van der Waals surface area contributed by atoms with Crippen LogP contribution < -0.4 is 5.32 Å². The molecule has 29 heavy (non-hydrogen) atoms. The smallest absolute Gasteiger partial charge is 0.408 e. The second-order valence-electron chi connectivity index (χ2n) is 8.15. The lowest BCUT2D eigenvalue weighted by Gasteiger charge is -2.35. The van der Waals surface area contributed by atoms with Gasteiger partial charge in [0.25, 0.3) is 0 Å². The molecule has 0 spiro atoms. The van der Waals surface area contributed by atoms with E-state index in [9.17, 15) is 9.59 Å². The van der Waals surface area contributed by atoms with Crippen LogP contribution >= 0.6 is 11.6 Å². The number of alkyl carbamates (subject to hydrolysis) is 1. The van der Waals surface area contributed by atoms with Gasteiger partial charge in [-0.05, 0) is 44.5 Å². The van der Waals surface area contributed by atoms with Crippen LogP contribution in [0.2, 0.25) is 5.02 Å². The highest BCUT2D eigenvalue weighted by Crippen LogP contribution is 2.23. The molecular weight excluding hydrogens is 392 g/mol. The summed E-state index contributed by atoms with van der Waals surface area (Å²) in [7, 11) is 0. The molecule has 0 unspecified atom stereocenters. The van der Waals surface area contributed by atoms with Crippen molar-refractivity contribution in [3.8, 4) is 0 Å². The molecule has 0 aliphatic carbocycles. The van der Waals surface area contributed by atoms with E-state index in [0.717, 1.165) is 36.1 Å². The number of piperazine rings is 1. The minimum atomic E-state index is -0.585. The summed E-state index contributed by atoms with van der Waals surface area (Å²) >= 11 is 6.26. The average Bonchev–Trinajstić information content (AvgIpc) is 2.65. The molecule has 0 radical (unpaired) electrons. The van der Waals surface area contributed by atoms with Crippen molar-refractivity contribution >= 4 is 34.5 Å². The molecule has 1 fully saturated rings. The van der Waals surface area contributed by atoms with Gasteiger partial charge in [-0.1, -0.05) is 17.7 Å². The number of nitrogens with zero attached hydrogens (tertiary/aromatic N) is 3. The zero-order valence-corrected chi connectivity index (χ0v) is 17.8. The molecule has 2 heterocycles. The Hall–Kier alpha value is -2.38. The third-order valence-electron chi connectivity index (χ3n) is 4.65. The van der Waals surface area contributed by atoms with Crippen LogP contribution in [0.15, 0.2) is 30.5 Å². The lowest BCUT2D eigenvalue weighted by atomic mass is 10.1. The number of rotatable bonds is 4. The summed E-state index contributed by atoms with van der Waals surface area (Å²) < 4.78 is 5.16. The average molecular weight is 419 g/mol. The number of nitrogens with one attached hydrogen (secondary N) is 1. The van der Waals surface area contributed by atoms with Crippen LogP contribution in [0, 0.1) is 0 Å². The van der Waals surface area contributed by atoms with Crippen molar-refractivity contribution in [2.24, 2.45) is 0 Å². The zero-order chi connectivity index (χ0) is 21.0. The molecule has 2 aromatic rings. The maximum Gasteiger partial charge on any atom is 0.408 e. The number of hydrogen-bond acceptors (Lipinski definition) is 5. The first kappa shape index (κ1) is 21.3. The fourth-order valence-corrected chi connectivity index (χ4v) is 3.57. The highest BCUT2D eigenvalue weighted by molar-refractivity contribution is 6.31. The molecular formula is C21H27ClN4O3. The summed E-state index contributed by atoms with van der Waals surface area (Å²) in [5, 5.41) is 4.25. The molecule has 0 saturated carbocycles. The molecule has 0 atom stereocenters. The fourth-order valence-electron chi connectivity index (χ4n) is 3.32. The number of fused-ring (bicyclic) bond motifs is 1. The first-order valence-electron chi connectivity index (χ1n) is 9.71. The van der Waals surface area contributed by atoms with Gasteiger partial charge in [-0.2, -0.15) is 0 Å². The Balaban J connectivity index is 1.51. The lowest BCUT2D eigenvalue weighted by molar-refractivity contribution is -0.132. The van der Waals surface area contributed by atoms with Crippen LogP contribution in [0.4, 0.5) is 4.79 Å². The topological polar surface area (TPSA) is 74.8 Å². The molecule has 1 aliphatic heterocycles. The van der Waals surface area contributed by atoms with Gasteiger partial charge in [0.2, 0.25) is 5.91 Å². The molecule has 1 saturated heterocycles. The van der Waals surface area contributed by atoms with Crippen molar-refractivity contribution < 1.29 is 14.3 Å². The molecule has 1 aromatic heterocycles. The third-order valence-corrected chi connectivity index (χ3v) is 4.87. The Bertz CT molecular complexity index is 889. The van der Waals surface area contributed by atoms with Gasteiger partial charge in [0.1, 0.15) is 12.1 Å². The second-order valence-corrected chi connectivity index (χ2v) is 8.59. The number of aromatic nitrogens is 1. The molecule has 7 nitrogen and oxygen atoms in total. The molecule has 1 aromatic carbocycles. The number of pyridine rings is 1. The molecule has 8 heteroatoms. The number of halogens is 1. The van der Waals surface area contributed by atoms with Gasteiger partial charge in [-0.15, -0.1) is 0 Å². The van der Waals surface area contributed by atoms with Gasteiger partial charge in [0, 0.05) is 49.3 Å². The van der Waals surface area contributed by atoms with Crippen LogP contribution in [0.25, 0.3) is 10.9 Å². The SMILES string of the molecule is CC(C)(C)OC(=O)NCC(=O)N1CCN(Cc2cc(Cl)cc3cccnc23)CC1. The van der Waals surface area contributed by atoms with E-state index in [2.05, 4.69) is 15.2 Å². The molecule has 0 bridgehead atoms. The number of carbonyl (C=O) groups excluding carboxylic acids is 2. The second kappa shape index (κ2) is 8.97. The Morgan fingerprint density at radius 2 is 1.93 bits per heavy atom. The highest BCUT2D eigenvalue weighted by atomic mass is 35.5. The van der Waals surface area contributed by atoms with Gasteiger partial charge in [0.15, 0.2) is 0 Å². The van der Waals surface area contributed by atoms with Gasteiger partial charge in [0.05, 0.1) is 5.52 Å². The summed E-state index contributed by atoms with van der Waals surface area (Å²) in [5.74, 6) is -0.106. The quantitative estimate of drug-likeness (QED) is 0.825. The first-order chi connectivity index (χ1) is 13.7. The van der Waals surface area contributed by atoms with E-state index in [1.165, 1.54) is 0 Å². The summed E-state index contributed by atoms with van der Waals surface area (Å²) in [6.07, 6.45) is 1.21. The van der Waals surface area contributed by atoms with Crippen molar-refractivity contribution in [1.29, 1.82) is 0 Å². The molecule has 2 amide bonds. The number of benzene rings is 1. The standard InChI is InChI=1S/C21H27ClN4O3/c1-21(2,3)29-20(28)24-13-18(27)26-9-7-25(8-10-26)14-16-12-17(22)11-15-5-4-6-23-19(15)16/h4-6,11-12H,7-10,13-14H2,1-3H3,(H,24,28). The van der Waals surface area contributed by atoms with E-state index in [1.807, 2.05) is 24.3 Å². The summed E-state index contributed by atoms with van der Waals surface area (Å²) in [6.45, 7) is 8.74. The van der Waals surface area contributed by atoms with E-state index in [1.54, 1.807) is 31.9 Å². The Labute approximate surface area is 176 Å². The summed E-state index contributed by atoms with van der Waals surface area (Å²) in [5.41, 5.74) is 1.45. The van der Waals surface area contributed by atoms with Crippen LogP contribution in [0.1, 0.15) is 26.3 Å². The maximum absolute atomic E-state index is 12.4.